The highest BCUT2D eigenvalue weighted by atomic mass is 16.5. The average molecular weight is 1050 g/mol. The number of hydrogen-bond donors (Lipinski definition) is 1. The minimum absolute atomic E-state index is 0.0958. The first kappa shape index (κ1) is 52.5. The Morgan fingerprint density at radius 1 is 0.506 bits per heavy atom. The molecule has 400 valence electrons. The van der Waals surface area contributed by atoms with Gasteiger partial charge < -0.3 is 42.7 Å². The number of methoxy groups -OCH3 is 1. The van der Waals surface area contributed by atoms with Gasteiger partial charge in [0, 0.05) is 54.1 Å². The maximum atomic E-state index is 12.8. The molecular weight excluding hydrogens is 985 g/mol. The van der Waals surface area contributed by atoms with Crippen LogP contribution in [-0.4, -0.2) is 40.8 Å². The Hall–Kier alpha value is -8.57. The number of pyridine rings is 1. The Bertz CT molecular complexity index is 3170. The van der Waals surface area contributed by atoms with Gasteiger partial charge >= 0.3 is 0 Å². The maximum absolute atomic E-state index is 12.8. The fourth-order valence-electron chi connectivity index (χ4n) is 11.4. The van der Waals surface area contributed by atoms with E-state index in [2.05, 4.69) is 78.3 Å². The zero-order chi connectivity index (χ0) is 53.8. The van der Waals surface area contributed by atoms with Gasteiger partial charge in [-0.3, -0.25) is 4.98 Å². The van der Waals surface area contributed by atoms with Crippen molar-refractivity contribution in [3.05, 3.63) is 264 Å². The highest BCUT2D eigenvalue weighted by Crippen LogP contribution is 2.49. The molecule has 4 heterocycles. The fraction of sp³-hybridized carbons (Fsp3) is 0.232. The molecular formula is C69H67N2O8+. The van der Waals surface area contributed by atoms with Crippen molar-refractivity contribution in [1.82, 2.24) is 4.98 Å². The van der Waals surface area contributed by atoms with Crippen LogP contribution in [0.1, 0.15) is 63.5 Å². The molecule has 10 heteroatoms. The highest BCUT2D eigenvalue weighted by Gasteiger charge is 2.54. The molecule has 8 aromatic carbocycles. The van der Waals surface area contributed by atoms with Gasteiger partial charge in [0.15, 0.2) is 0 Å². The van der Waals surface area contributed by atoms with Crippen LogP contribution < -0.4 is 33.2 Å². The summed E-state index contributed by atoms with van der Waals surface area (Å²) in [6.07, 6.45) is 5.08. The quantitative estimate of drug-likeness (QED) is 0.0469. The van der Waals surface area contributed by atoms with Crippen LogP contribution in [0, 0.1) is 11.8 Å². The van der Waals surface area contributed by atoms with E-state index in [0.29, 0.717) is 83.8 Å². The molecule has 0 spiro atoms. The SMILES string of the molecule is C=C[C@H]1C[N@@+]2(Cc3cc(OCc4cc(OCc5ccccc5)cc(OCc5ccccc5)c4)cc(OCc4cc(OCc5ccccc5)cc(OCc5ccccc5)c4)c3)CC[C@@H]1C[C@H]2[C@H](O)c1ccnc2ccc(OC)cc12. The smallest absolute Gasteiger partial charge is 0.131 e. The molecule has 0 radical (unpaired) electrons. The number of aliphatic hydroxyl groups is 1. The van der Waals surface area contributed by atoms with Crippen molar-refractivity contribution in [3.63, 3.8) is 0 Å². The van der Waals surface area contributed by atoms with E-state index in [1.165, 1.54) is 0 Å². The molecule has 3 saturated heterocycles. The summed E-state index contributed by atoms with van der Waals surface area (Å²) >= 11 is 0. The summed E-state index contributed by atoms with van der Waals surface area (Å²) < 4.78 is 45.6. The number of fused-ring (bicyclic) bond motifs is 4. The first-order chi connectivity index (χ1) is 38.8. The van der Waals surface area contributed by atoms with Crippen molar-refractivity contribution in [2.45, 2.75) is 71.2 Å². The van der Waals surface area contributed by atoms with E-state index >= 15 is 0 Å². The van der Waals surface area contributed by atoms with Gasteiger partial charge in [-0.15, -0.1) is 6.58 Å². The molecule has 0 amide bonds. The third kappa shape index (κ3) is 13.2. The number of piperidine rings is 3. The van der Waals surface area contributed by atoms with E-state index in [1.807, 2.05) is 140 Å². The minimum atomic E-state index is -0.759. The molecule has 1 aromatic heterocycles. The molecule has 9 aromatic rings. The summed E-state index contributed by atoms with van der Waals surface area (Å²) in [5.74, 6) is 5.48. The van der Waals surface area contributed by atoms with Gasteiger partial charge in [-0.05, 0) is 106 Å². The number of quaternary nitrogens is 1. The van der Waals surface area contributed by atoms with Crippen LogP contribution in [-0.2, 0) is 46.2 Å². The van der Waals surface area contributed by atoms with E-state index in [1.54, 1.807) is 13.3 Å². The molecule has 12 rings (SSSR count). The van der Waals surface area contributed by atoms with Gasteiger partial charge in [-0.2, -0.15) is 0 Å². The molecule has 3 fully saturated rings. The van der Waals surface area contributed by atoms with Crippen LogP contribution >= 0.6 is 0 Å². The zero-order valence-corrected chi connectivity index (χ0v) is 44.7. The van der Waals surface area contributed by atoms with E-state index in [0.717, 1.165) is 87.1 Å². The summed E-state index contributed by atoms with van der Waals surface area (Å²) in [5, 5.41) is 13.7. The van der Waals surface area contributed by atoms with Gasteiger partial charge in [0.1, 0.15) is 98.6 Å². The molecule has 3 aliphatic heterocycles. The largest absolute Gasteiger partial charge is 0.497 e. The first-order valence-electron chi connectivity index (χ1n) is 27.3. The molecule has 0 aliphatic carbocycles. The Kier molecular flexibility index (Phi) is 16.5. The standard InChI is InChI=1S/C69H67N2O8/c1-3-56-42-71(29-27-57(56)36-68(71)69(72)65-26-28-70-67-25-24-58(73-2)40-66(65)67)41-53-30-59(78-47-54-32-61(74-43-49-16-8-4-9-17-49)38-62(33-54)75-44-50-18-10-5-11-19-50)37-60(31-53)79-48-55-34-63(76-45-51-20-12-6-13-21-51)39-64(35-55)77-46-52-22-14-7-15-23-52/h3-26,28,30-35,37-40,56-57,68-69,72H,1,27,29,36,41-48H2,2H3/q+1/t56-,57+,68-,69+,71-/m0/s1. The van der Waals surface area contributed by atoms with Crippen LogP contribution in [0.25, 0.3) is 10.9 Å². The van der Waals surface area contributed by atoms with Gasteiger partial charge in [0.05, 0.1) is 25.7 Å². The molecule has 5 atom stereocenters. The van der Waals surface area contributed by atoms with Crippen LogP contribution in [0.4, 0.5) is 0 Å². The number of aliphatic hydroxyl groups excluding tert-OH is 1. The third-order valence-electron chi connectivity index (χ3n) is 15.5. The van der Waals surface area contributed by atoms with Crippen molar-refractivity contribution < 1.29 is 42.7 Å². The van der Waals surface area contributed by atoms with Crippen molar-refractivity contribution in [3.8, 4) is 40.2 Å². The summed E-state index contributed by atoms with van der Waals surface area (Å²) in [5.41, 5.74) is 8.75. The average Bonchev–Trinajstić information content (AvgIpc) is 3.69. The maximum Gasteiger partial charge on any atom is 0.131 e. The van der Waals surface area contributed by atoms with E-state index < -0.39 is 6.10 Å². The van der Waals surface area contributed by atoms with Crippen LogP contribution in [0.2, 0.25) is 0 Å². The number of nitrogens with zero attached hydrogens (tertiary/aromatic N) is 2. The predicted molar refractivity (Wildman–Crippen MR) is 308 cm³/mol. The van der Waals surface area contributed by atoms with Crippen LogP contribution in [0.5, 0.6) is 40.2 Å². The first-order valence-corrected chi connectivity index (χ1v) is 27.3. The van der Waals surface area contributed by atoms with Gasteiger partial charge in [0.25, 0.3) is 0 Å². The molecule has 3 aliphatic rings. The lowest BCUT2D eigenvalue weighted by molar-refractivity contribution is -0.984. The lowest BCUT2D eigenvalue weighted by atomic mass is 9.71. The summed E-state index contributed by atoms with van der Waals surface area (Å²) in [6, 6.07) is 66.4. The van der Waals surface area contributed by atoms with Crippen LogP contribution in [0.3, 0.4) is 0 Å². The molecule has 0 saturated carbocycles. The Labute approximate surface area is 463 Å². The van der Waals surface area contributed by atoms with E-state index in [-0.39, 0.29) is 19.3 Å². The zero-order valence-electron chi connectivity index (χ0n) is 44.7. The molecule has 1 N–H and O–H groups in total. The number of rotatable bonds is 24. The Morgan fingerprint density at radius 3 is 1.34 bits per heavy atom. The molecule has 2 bridgehead atoms. The number of aromatic nitrogens is 1. The predicted octanol–water partition coefficient (Wildman–Crippen LogP) is 14.4. The highest BCUT2D eigenvalue weighted by molar-refractivity contribution is 5.84. The minimum Gasteiger partial charge on any atom is -0.497 e. The normalized spacial score (nSPS) is 17.8. The topological polar surface area (TPSA) is 97.7 Å². The number of benzene rings is 8. The van der Waals surface area contributed by atoms with Crippen LogP contribution in [0.15, 0.2) is 219 Å². The van der Waals surface area contributed by atoms with Crippen molar-refractivity contribution in [2.24, 2.45) is 11.8 Å². The Morgan fingerprint density at radius 2 is 0.924 bits per heavy atom. The monoisotopic (exact) mass is 1050 g/mol. The second-order valence-corrected chi connectivity index (χ2v) is 20.9. The van der Waals surface area contributed by atoms with Gasteiger partial charge in [0.2, 0.25) is 0 Å². The third-order valence-corrected chi connectivity index (χ3v) is 15.5. The molecule has 79 heavy (non-hydrogen) atoms. The number of ether oxygens (including phenoxy) is 7. The lowest BCUT2D eigenvalue weighted by Crippen LogP contribution is -2.67. The summed E-state index contributed by atoms with van der Waals surface area (Å²) in [4.78, 5) is 4.67. The Balaban J connectivity index is 0.916. The van der Waals surface area contributed by atoms with Gasteiger partial charge in [-0.1, -0.05) is 127 Å². The van der Waals surface area contributed by atoms with Gasteiger partial charge in [-0.25, -0.2) is 0 Å². The van der Waals surface area contributed by atoms with Crippen molar-refractivity contribution in [2.75, 3.05) is 20.2 Å². The van der Waals surface area contributed by atoms with E-state index in [9.17, 15) is 5.11 Å². The second-order valence-electron chi connectivity index (χ2n) is 20.9. The molecule has 0 unspecified atom stereocenters. The molecule has 10 nitrogen and oxygen atoms in total. The fourth-order valence-corrected chi connectivity index (χ4v) is 11.4. The van der Waals surface area contributed by atoms with Crippen molar-refractivity contribution in [1.29, 1.82) is 0 Å². The summed E-state index contributed by atoms with van der Waals surface area (Å²) in [7, 11) is 1.67. The lowest BCUT2D eigenvalue weighted by Gasteiger charge is -2.58. The number of hydrogen-bond acceptors (Lipinski definition) is 9. The second kappa shape index (κ2) is 24.8. The summed E-state index contributed by atoms with van der Waals surface area (Å²) in [6.45, 7) is 8.82. The van der Waals surface area contributed by atoms with Crippen molar-refractivity contribution >= 4 is 10.9 Å². The van der Waals surface area contributed by atoms with E-state index in [4.69, 9.17) is 33.2 Å².